The van der Waals surface area contributed by atoms with Crippen molar-refractivity contribution < 1.29 is 13.9 Å². The molecule has 0 saturated carbocycles. The Hall–Kier alpha value is -2.03. The third-order valence-corrected chi connectivity index (χ3v) is 5.02. The van der Waals surface area contributed by atoms with Gasteiger partial charge in [0.15, 0.2) is 0 Å². The van der Waals surface area contributed by atoms with Gasteiger partial charge in [-0.2, -0.15) is 0 Å². The standard InChI is InChI=1S/C21H21ClN4O3.3ClH/c1-14-19(29-20(25-14)15-4-6-16(22)7-5-15)21(27)26-10-9-24-11-17(26)13-28-18-3-2-8-23-12-18;;;/h2-8,12,17,24H,9-11,13H2,1H3;3*1H. The molecule has 1 aliphatic rings. The summed E-state index contributed by atoms with van der Waals surface area (Å²) in [6.45, 7) is 4.06. The van der Waals surface area contributed by atoms with E-state index in [9.17, 15) is 4.79 Å². The first-order valence-corrected chi connectivity index (χ1v) is 9.77. The molecule has 4 rings (SSSR count). The maximum absolute atomic E-state index is 13.2. The minimum absolute atomic E-state index is 0. The lowest BCUT2D eigenvalue weighted by molar-refractivity contribution is 0.0528. The molecule has 0 spiro atoms. The van der Waals surface area contributed by atoms with Crippen LogP contribution in [0.1, 0.15) is 16.2 Å². The number of benzene rings is 1. The van der Waals surface area contributed by atoms with Crippen LogP contribution in [0.2, 0.25) is 5.02 Å². The number of nitrogens with one attached hydrogen (secondary N) is 1. The Bertz CT molecular complexity index is 986. The average molecular weight is 522 g/mol. The van der Waals surface area contributed by atoms with Crippen LogP contribution >= 0.6 is 48.8 Å². The van der Waals surface area contributed by atoms with Gasteiger partial charge in [-0.3, -0.25) is 9.78 Å². The Balaban J connectivity index is 0.00000171. The van der Waals surface area contributed by atoms with E-state index in [4.69, 9.17) is 20.8 Å². The second-order valence-corrected chi connectivity index (χ2v) is 7.23. The highest BCUT2D eigenvalue weighted by molar-refractivity contribution is 6.30. The van der Waals surface area contributed by atoms with Crippen LogP contribution in [-0.2, 0) is 0 Å². The summed E-state index contributed by atoms with van der Waals surface area (Å²) in [6, 6.07) is 10.7. The number of nitrogens with zero attached hydrogens (tertiary/aromatic N) is 3. The summed E-state index contributed by atoms with van der Waals surface area (Å²) in [5.41, 5.74) is 1.33. The molecule has 32 heavy (non-hydrogen) atoms. The molecule has 0 aliphatic carbocycles. The summed E-state index contributed by atoms with van der Waals surface area (Å²) in [5.74, 6) is 1.15. The van der Waals surface area contributed by atoms with Crippen molar-refractivity contribution in [3.8, 4) is 17.2 Å². The molecule has 3 aromatic rings. The SMILES string of the molecule is Cc1nc(-c2ccc(Cl)cc2)oc1C(=O)N1CCNCC1COc1cccnc1.Cl.Cl.Cl. The van der Waals surface area contributed by atoms with Gasteiger partial charge in [-0.1, -0.05) is 11.6 Å². The second kappa shape index (κ2) is 12.9. The first kappa shape index (κ1) is 28.0. The molecule has 1 unspecified atom stereocenters. The van der Waals surface area contributed by atoms with E-state index >= 15 is 0 Å². The van der Waals surface area contributed by atoms with Gasteiger partial charge in [0.25, 0.3) is 5.91 Å². The number of halogens is 4. The van der Waals surface area contributed by atoms with Crippen LogP contribution in [0.25, 0.3) is 11.5 Å². The van der Waals surface area contributed by atoms with E-state index in [2.05, 4.69) is 15.3 Å². The average Bonchev–Trinajstić information content (AvgIpc) is 3.15. The monoisotopic (exact) mass is 520 g/mol. The Labute approximate surface area is 210 Å². The molecule has 1 N–H and O–H groups in total. The predicted octanol–water partition coefficient (Wildman–Crippen LogP) is 4.46. The van der Waals surface area contributed by atoms with E-state index in [1.54, 1.807) is 36.4 Å². The zero-order valence-corrected chi connectivity index (χ0v) is 20.4. The number of aromatic nitrogens is 2. The van der Waals surface area contributed by atoms with Crippen LogP contribution in [0.3, 0.4) is 0 Å². The number of oxazole rings is 1. The Morgan fingerprint density at radius 2 is 2.00 bits per heavy atom. The molecule has 7 nitrogen and oxygen atoms in total. The Kier molecular flexibility index (Phi) is 11.3. The smallest absolute Gasteiger partial charge is 0.292 e. The highest BCUT2D eigenvalue weighted by Gasteiger charge is 2.31. The van der Waals surface area contributed by atoms with Crippen LogP contribution < -0.4 is 10.1 Å². The number of amides is 1. The van der Waals surface area contributed by atoms with Gasteiger partial charge in [-0.05, 0) is 43.3 Å². The fourth-order valence-electron chi connectivity index (χ4n) is 3.24. The Morgan fingerprint density at radius 1 is 1.25 bits per heavy atom. The number of carbonyl (C=O) groups is 1. The highest BCUT2D eigenvalue weighted by atomic mass is 35.5. The van der Waals surface area contributed by atoms with Crippen LogP contribution in [0.5, 0.6) is 5.75 Å². The zero-order chi connectivity index (χ0) is 20.2. The molecule has 2 aromatic heterocycles. The largest absolute Gasteiger partial charge is 0.490 e. The van der Waals surface area contributed by atoms with Crippen molar-refractivity contribution in [2.75, 3.05) is 26.2 Å². The first-order chi connectivity index (χ1) is 14.1. The lowest BCUT2D eigenvalue weighted by atomic mass is 10.2. The van der Waals surface area contributed by atoms with Gasteiger partial charge < -0.3 is 19.4 Å². The summed E-state index contributed by atoms with van der Waals surface area (Å²) < 4.78 is 11.7. The molecule has 3 heterocycles. The van der Waals surface area contributed by atoms with Crippen LogP contribution in [0.15, 0.2) is 53.2 Å². The maximum atomic E-state index is 13.2. The highest BCUT2D eigenvalue weighted by Crippen LogP contribution is 2.25. The van der Waals surface area contributed by atoms with Gasteiger partial charge in [0.05, 0.1) is 17.9 Å². The van der Waals surface area contributed by atoms with Crippen LogP contribution in [0, 0.1) is 6.92 Å². The van der Waals surface area contributed by atoms with E-state index in [0.29, 0.717) is 48.6 Å². The molecule has 0 radical (unpaired) electrons. The third kappa shape index (κ3) is 6.49. The van der Waals surface area contributed by atoms with E-state index in [-0.39, 0.29) is 54.9 Å². The number of aryl methyl sites for hydroxylation is 1. The number of pyridine rings is 1. The quantitative estimate of drug-likeness (QED) is 0.534. The van der Waals surface area contributed by atoms with Gasteiger partial charge in [0.2, 0.25) is 11.7 Å². The summed E-state index contributed by atoms with van der Waals surface area (Å²) in [7, 11) is 0. The van der Waals surface area contributed by atoms with Crippen molar-refractivity contribution in [2.45, 2.75) is 13.0 Å². The summed E-state index contributed by atoms with van der Waals surface area (Å²) in [6.07, 6.45) is 3.34. The molecule has 0 bridgehead atoms. The first-order valence-electron chi connectivity index (χ1n) is 9.39. The number of hydrogen-bond donors (Lipinski definition) is 1. The molecular formula is C21H24Cl4N4O3. The minimum Gasteiger partial charge on any atom is -0.490 e. The summed E-state index contributed by atoms with van der Waals surface area (Å²) >= 11 is 5.94. The zero-order valence-electron chi connectivity index (χ0n) is 17.2. The lowest BCUT2D eigenvalue weighted by Crippen LogP contribution is -2.56. The summed E-state index contributed by atoms with van der Waals surface area (Å²) in [5, 5.41) is 3.94. The number of rotatable bonds is 5. The minimum atomic E-state index is -0.184. The van der Waals surface area contributed by atoms with E-state index in [1.165, 1.54) is 0 Å². The molecule has 1 amide bonds. The van der Waals surface area contributed by atoms with Gasteiger partial charge in [0, 0.05) is 36.4 Å². The van der Waals surface area contributed by atoms with Crippen molar-refractivity contribution in [1.29, 1.82) is 0 Å². The van der Waals surface area contributed by atoms with Crippen molar-refractivity contribution in [1.82, 2.24) is 20.2 Å². The number of hydrogen-bond acceptors (Lipinski definition) is 6. The molecule has 11 heteroatoms. The summed E-state index contributed by atoms with van der Waals surface area (Å²) in [4.78, 5) is 23.5. The second-order valence-electron chi connectivity index (χ2n) is 6.80. The predicted molar refractivity (Wildman–Crippen MR) is 131 cm³/mol. The van der Waals surface area contributed by atoms with Crippen LogP contribution in [0.4, 0.5) is 0 Å². The van der Waals surface area contributed by atoms with E-state index in [1.807, 2.05) is 24.3 Å². The molecule has 174 valence electrons. The van der Waals surface area contributed by atoms with Crippen LogP contribution in [-0.4, -0.2) is 53.1 Å². The Morgan fingerprint density at radius 3 is 2.69 bits per heavy atom. The molecule has 1 aliphatic heterocycles. The molecule has 1 fully saturated rings. The van der Waals surface area contributed by atoms with Gasteiger partial charge in [-0.25, -0.2) is 4.98 Å². The molecular weight excluding hydrogens is 498 g/mol. The maximum Gasteiger partial charge on any atom is 0.292 e. The number of ether oxygens (including phenoxy) is 1. The van der Waals surface area contributed by atoms with Crippen molar-refractivity contribution in [3.05, 3.63) is 65.3 Å². The molecule has 1 atom stereocenters. The van der Waals surface area contributed by atoms with Gasteiger partial charge in [-0.15, -0.1) is 37.2 Å². The van der Waals surface area contributed by atoms with Crippen molar-refractivity contribution >= 4 is 54.7 Å². The third-order valence-electron chi connectivity index (χ3n) is 4.77. The number of carbonyl (C=O) groups excluding carboxylic acids is 1. The van der Waals surface area contributed by atoms with Crippen molar-refractivity contribution in [3.63, 3.8) is 0 Å². The van der Waals surface area contributed by atoms with Crippen molar-refractivity contribution in [2.24, 2.45) is 0 Å². The fraction of sp³-hybridized carbons (Fsp3) is 0.286. The lowest BCUT2D eigenvalue weighted by Gasteiger charge is -2.35. The molecule has 1 saturated heterocycles. The number of piperazine rings is 1. The van der Waals surface area contributed by atoms with Gasteiger partial charge in [0.1, 0.15) is 12.4 Å². The van der Waals surface area contributed by atoms with E-state index in [0.717, 1.165) is 5.56 Å². The van der Waals surface area contributed by atoms with Gasteiger partial charge >= 0.3 is 0 Å². The van der Waals surface area contributed by atoms with E-state index < -0.39 is 0 Å². The molecule has 1 aromatic carbocycles. The fourth-order valence-corrected chi connectivity index (χ4v) is 3.37. The normalized spacial score (nSPS) is 15.1. The topological polar surface area (TPSA) is 80.5 Å².